The summed E-state index contributed by atoms with van der Waals surface area (Å²) in [6.45, 7) is 4.95. The summed E-state index contributed by atoms with van der Waals surface area (Å²) in [6.07, 6.45) is 3.44. The van der Waals surface area contributed by atoms with Gasteiger partial charge < -0.3 is 10.2 Å². The van der Waals surface area contributed by atoms with Crippen molar-refractivity contribution in [3.05, 3.63) is 52.3 Å². The van der Waals surface area contributed by atoms with Crippen LogP contribution >= 0.6 is 0 Å². The van der Waals surface area contributed by atoms with E-state index in [1.807, 2.05) is 32.0 Å². The number of sulfonamides is 1. The van der Waals surface area contributed by atoms with E-state index in [0.29, 0.717) is 30.3 Å². The van der Waals surface area contributed by atoms with E-state index >= 15 is 0 Å². The molecule has 10 heteroatoms. The van der Waals surface area contributed by atoms with E-state index in [2.05, 4.69) is 10.4 Å². The molecule has 4 rings (SSSR count). The van der Waals surface area contributed by atoms with Crippen LogP contribution in [0, 0.1) is 6.92 Å². The molecule has 1 aliphatic heterocycles. The predicted octanol–water partition coefficient (Wildman–Crippen LogP) is 1.64. The summed E-state index contributed by atoms with van der Waals surface area (Å²) in [5.74, 6) is 0.157. The normalized spacial score (nSPS) is 19.5. The Bertz CT molecular complexity index is 1190. The summed E-state index contributed by atoms with van der Waals surface area (Å²) < 4.78 is 26.7. The molecule has 1 atom stereocenters. The van der Waals surface area contributed by atoms with Crippen molar-refractivity contribution in [2.45, 2.75) is 45.2 Å². The van der Waals surface area contributed by atoms with Crippen molar-refractivity contribution in [1.82, 2.24) is 24.3 Å². The maximum Gasteiger partial charge on any atom is 0.269 e. The number of benzene rings is 1. The third kappa shape index (κ3) is 4.96. The second-order valence-electron chi connectivity index (χ2n) is 9.09. The lowest BCUT2D eigenvalue weighted by atomic mass is 10.00. The molecule has 0 bridgehead atoms. The SMILES string of the molecule is Cc1c(CNC(=O)c2cc(C3CC3)nn2C)cccc1C(=O)N1CCN(S(C)(=O)=O)CC1C. The van der Waals surface area contributed by atoms with Gasteiger partial charge in [0.25, 0.3) is 11.8 Å². The number of carbonyl (C=O) groups excluding carboxylic acids is 2. The Morgan fingerprint density at radius 2 is 1.94 bits per heavy atom. The molecule has 1 aliphatic carbocycles. The number of rotatable bonds is 6. The number of aromatic nitrogens is 2. The van der Waals surface area contributed by atoms with Crippen molar-refractivity contribution >= 4 is 21.8 Å². The number of nitrogens with one attached hydrogen (secondary N) is 1. The first-order valence-corrected chi connectivity index (χ1v) is 13.1. The molecule has 1 saturated carbocycles. The summed E-state index contributed by atoms with van der Waals surface area (Å²) in [6, 6.07) is 7.12. The maximum absolute atomic E-state index is 13.3. The van der Waals surface area contributed by atoms with Crippen LogP contribution < -0.4 is 5.32 Å². The fourth-order valence-electron chi connectivity index (χ4n) is 4.34. The van der Waals surface area contributed by atoms with E-state index in [4.69, 9.17) is 0 Å². The minimum Gasteiger partial charge on any atom is -0.347 e. The lowest BCUT2D eigenvalue weighted by Gasteiger charge is -2.39. The molecule has 1 unspecified atom stereocenters. The zero-order valence-electron chi connectivity index (χ0n) is 19.5. The van der Waals surface area contributed by atoms with Gasteiger partial charge in [0.2, 0.25) is 10.0 Å². The monoisotopic (exact) mass is 473 g/mol. The topological polar surface area (TPSA) is 105 Å². The molecular formula is C23H31N5O4S. The molecule has 1 saturated heterocycles. The van der Waals surface area contributed by atoms with Crippen LogP contribution in [0.3, 0.4) is 0 Å². The molecule has 1 aromatic heterocycles. The highest BCUT2D eigenvalue weighted by Crippen LogP contribution is 2.39. The summed E-state index contributed by atoms with van der Waals surface area (Å²) in [5, 5.41) is 7.40. The number of carbonyl (C=O) groups is 2. The van der Waals surface area contributed by atoms with Crippen LogP contribution in [0.15, 0.2) is 24.3 Å². The van der Waals surface area contributed by atoms with Gasteiger partial charge in [-0.1, -0.05) is 12.1 Å². The fourth-order valence-corrected chi connectivity index (χ4v) is 5.23. The van der Waals surface area contributed by atoms with Crippen LogP contribution in [0.25, 0.3) is 0 Å². The molecule has 2 amide bonds. The molecule has 1 aromatic carbocycles. The van der Waals surface area contributed by atoms with Crippen molar-refractivity contribution in [1.29, 1.82) is 0 Å². The van der Waals surface area contributed by atoms with Gasteiger partial charge in [0.15, 0.2) is 0 Å². The van der Waals surface area contributed by atoms with Crippen LogP contribution in [-0.4, -0.2) is 71.1 Å². The van der Waals surface area contributed by atoms with Crippen molar-refractivity contribution < 1.29 is 18.0 Å². The third-order valence-corrected chi connectivity index (χ3v) is 7.83. The van der Waals surface area contributed by atoms with E-state index in [-0.39, 0.29) is 30.9 Å². The van der Waals surface area contributed by atoms with E-state index < -0.39 is 10.0 Å². The van der Waals surface area contributed by atoms with Crippen molar-refractivity contribution in [2.24, 2.45) is 7.05 Å². The number of aryl methyl sites for hydroxylation is 1. The number of hydrogen-bond acceptors (Lipinski definition) is 5. The van der Waals surface area contributed by atoms with Crippen molar-refractivity contribution in [3.8, 4) is 0 Å². The predicted molar refractivity (Wildman–Crippen MR) is 124 cm³/mol. The van der Waals surface area contributed by atoms with Gasteiger partial charge in [0.1, 0.15) is 5.69 Å². The highest BCUT2D eigenvalue weighted by Gasteiger charge is 2.32. The molecule has 178 valence electrons. The second kappa shape index (κ2) is 8.90. The zero-order valence-corrected chi connectivity index (χ0v) is 20.4. The van der Waals surface area contributed by atoms with Crippen LogP contribution in [0.5, 0.6) is 0 Å². The lowest BCUT2D eigenvalue weighted by Crippen LogP contribution is -2.55. The largest absolute Gasteiger partial charge is 0.347 e. The smallest absolute Gasteiger partial charge is 0.269 e. The Morgan fingerprint density at radius 3 is 2.58 bits per heavy atom. The molecule has 2 aliphatic rings. The average molecular weight is 474 g/mol. The Balaban J connectivity index is 1.44. The van der Waals surface area contributed by atoms with E-state index in [0.717, 1.165) is 29.7 Å². The molecule has 2 aromatic rings. The third-order valence-electron chi connectivity index (χ3n) is 6.56. The maximum atomic E-state index is 13.3. The molecule has 2 heterocycles. The average Bonchev–Trinajstić information content (AvgIpc) is 3.53. The van der Waals surface area contributed by atoms with Gasteiger partial charge in [-0.25, -0.2) is 8.42 Å². The molecule has 0 spiro atoms. The standard InChI is InChI=1S/C23H31N5O4S/c1-15-14-27(33(4,31)32)10-11-28(15)23(30)19-7-5-6-18(16(19)2)13-24-22(29)21-12-20(17-8-9-17)25-26(21)3/h5-7,12,15,17H,8-11,13-14H2,1-4H3,(H,24,29). The van der Waals surface area contributed by atoms with Crippen LogP contribution in [0.2, 0.25) is 0 Å². The summed E-state index contributed by atoms with van der Waals surface area (Å²) in [7, 11) is -1.51. The molecule has 2 fully saturated rings. The number of nitrogens with zero attached hydrogens (tertiary/aromatic N) is 4. The van der Waals surface area contributed by atoms with Crippen LogP contribution in [0.4, 0.5) is 0 Å². The summed E-state index contributed by atoms with van der Waals surface area (Å²) >= 11 is 0. The van der Waals surface area contributed by atoms with E-state index in [9.17, 15) is 18.0 Å². The molecule has 0 radical (unpaired) electrons. The van der Waals surface area contributed by atoms with Gasteiger partial charge in [-0.05, 0) is 49.9 Å². The van der Waals surface area contributed by atoms with Gasteiger partial charge in [0, 0.05) is 50.7 Å². The van der Waals surface area contributed by atoms with Crippen molar-refractivity contribution in [2.75, 3.05) is 25.9 Å². The first kappa shape index (κ1) is 23.4. The van der Waals surface area contributed by atoms with Crippen molar-refractivity contribution in [3.63, 3.8) is 0 Å². The highest BCUT2D eigenvalue weighted by molar-refractivity contribution is 7.88. The van der Waals surface area contributed by atoms with E-state index in [1.54, 1.807) is 22.7 Å². The first-order chi connectivity index (χ1) is 15.6. The highest BCUT2D eigenvalue weighted by atomic mass is 32.2. The minimum absolute atomic E-state index is 0.123. The molecule has 9 nitrogen and oxygen atoms in total. The quantitative estimate of drug-likeness (QED) is 0.687. The van der Waals surface area contributed by atoms with Gasteiger partial charge in [-0.15, -0.1) is 0 Å². The van der Waals surface area contributed by atoms with Crippen LogP contribution in [-0.2, 0) is 23.6 Å². The number of piperazine rings is 1. The summed E-state index contributed by atoms with van der Waals surface area (Å²) in [4.78, 5) is 27.7. The van der Waals surface area contributed by atoms with Gasteiger partial charge in [-0.3, -0.25) is 14.3 Å². The van der Waals surface area contributed by atoms with Gasteiger partial charge >= 0.3 is 0 Å². The number of hydrogen-bond donors (Lipinski definition) is 1. The molecule has 1 N–H and O–H groups in total. The Kier molecular flexibility index (Phi) is 6.32. The molecular weight excluding hydrogens is 442 g/mol. The molecule has 33 heavy (non-hydrogen) atoms. The Morgan fingerprint density at radius 1 is 1.21 bits per heavy atom. The zero-order chi connectivity index (χ0) is 23.9. The second-order valence-corrected chi connectivity index (χ2v) is 11.1. The van der Waals surface area contributed by atoms with Gasteiger partial charge in [-0.2, -0.15) is 9.40 Å². The van der Waals surface area contributed by atoms with Gasteiger partial charge in [0.05, 0.1) is 11.9 Å². The fraction of sp³-hybridized carbons (Fsp3) is 0.522. The lowest BCUT2D eigenvalue weighted by molar-refractivity contribution is 0.0591. The summed E-state index contributed by atoms with van der Waals surface area (Å²) in [5.41, 5.74) is 3.74. The Labute approximate surface area is 194 Å². The van der Waals surface area contributed by atoms with Crippen LogP contribution in [0.1, 0.15) is 63.4 Å². The minimum atomic E-state index is -3.28. The Hall–Kier alpha value is -2.72. The number of amides is 2. The van der Waals surface area contributed by atoms with E-state index in [1.165, 1.54) is 10.6 Å². The first-order valence-electron chi connectivity index (χ1n) is 11.2.